The molecule has 1 heterocycles. The molecule has 0 bridgehead atoms. The van der Waals surface area contributed by atoms with Crippen molar-refractivity contribution < 1.29 is 10.0 Å². The lowest BCUT2D eigenvalue weighted by atomic mass is 9.83. The summed E-state index contributed by atoms with van der Waals surface area (Å²) < 4.78 is 0. The standard InChI is InChI=1S/C12H27BN2O2/c14-12(6-2-3-8-13(16)17)7-11-15-9-4-1-5-10-15/h12,16-17H,1-11,14H2/t12-/m0/s1. The summed E-state index contributed by atoms with van der Waals surface area (Å²) in [5.74, 6) is 0. The van der Waals surface area contributed by atoms with Crippen LogP contribution in [0, 0.1) is 0 Å². The molecule has 4 N–H and O–H groups in total. The molecule has 4 nitrogen and oxygen atoms in total. The molecule has 0 aromatic heterocycles. The maximum atomic E-state index is 8.71. The molecule has 1 rings (SSSR count). The normalized spacial score (nSPS) is 19.2. The molecule has 0 spiro atoms. The van der Waals surface area contributed by atoms with Crippen LogP contribution in [0.5, 0.6) is 0 Å². The molecule has 0 amide bonds. The van der Waals surface area contributed by atoms with Crippen molar-refractivity contribution >= 4 is 7.12 Å². The van der Waals surface area contributed by atoms with Crippen molar-refractivity contribution in [1.29, 1.82) is 0 Å². The predicted molar refractivity (Wildman–Crippen MR) is 71.7 cm³/mol. The van der Waals surface area contributed by atoms with Gasteiger partial charge in [0.15, 0.2) is 0 Å². The lowest BCUT2D eigenvalue weighted by Crippen LogP contribution is -2.34. The van der Waals surface area contributed by atoms with Gasteiger partial charge in [-0.2, -0.15) is 0 Å². The number of nitrogens with zero attached hydrogens (tertiary/aromatic N) is 1. The average molecular weight is 242 g/mol. The molecule has 1 atom stereocenters. The Labute approximate surface area is 105 Å². The third-order valence-electron chi connectivity index (χ3n) is 3.55. The van der Waals surface area contributed by atoms with E-state index in [2.05, 4.69) is 4.90 Å². The summed E-state index contributed by atoms with van der Waals surface area (Å²) in [5.41, 5.74) is 6.06. The van der Waals surface area contributed by atoms with E-state index in [4.69, 9.17) is 15.8 Å². The largest absolute Gasteiger partial charge is 0.451 e. The van der Waals surface area contributed by atoms with E-state index in [0.717, 1.165) is 32.2 Å². The number of rotatable bonds is 8. The van der Waals surface area contributed by atoms with Gasteiger partial charge in [0.25, 0.3) is 0 Å². The minimum Gasteiger partial charge on any atom is -0.427 e. The average Bonchev–Trinajstić information content (AvgIpc) is 2.33. The second-order valence-electron chi connectivity index (χ2n) is 5.22. The van der Waals surface area contributed by atoms with Crippen LogP contribution in [-0.2, 0) is 0 Å². The number of likely N-dealkylation sites (tertiary alicyclic amines) is 1. The molecule has 0 saturated carbocycles. The number of hydrogen-bond donors (Lipinski definition) is 3. The first-order valence-electron chi connectivity index (χ1n) is 7.02. The Kier molecular flexibility index (Phi) is 7.85. The first-order valence-corrected chi connectivity index (χ1v) is 7.02. The Morgan fingerprint density at radius 3 is 2.41 bits per heavy atom. The summed E-state index contributed by atoms with van der Waals surface area (Å²) in [6, 6.07) is 0.271. The lowest BCUT2D eigenvalue weighted by Gasteiger charge is -2.27. The Morgan fingerprint density at radius 1 is 1.06 bits per heavy atom. The number of nitrogens with two attached hydrogens (primary N) is 1. The first-order chi connectivity index (χ1) is 8.18. The van der Waals surface area contributed by atoms with Gasteiger partial charge in [0.1, 0.15) is 0 Å². The first kappa shape index (κ1) is 15.0. The molecule has 17 heavy (non-hydrogen) atoms. The SMILES string of the molecule is N[C@@H](CCCCB(O)O)CCN1CCCCC1. The van der Waals surface area contributed by atoms with Gasteiger partial charge in [0.2, 0.25) is 0 Å². The van der Waals surface area contributed by atoms with E-state index in [9.17, 15) is 0 Å². The van der Waals surface area contributed by atoms with Crippen LogP contribution >= 0.6 is 0 Å². The van der Waals surface area contributed by atoms with Crippen LogP contribution in [0.2, 0.25) is 6.32 Å². The smallest absolute Gasteiger partial charge is 0.427 e. The van der Waals surface area contributed by atoms with Crippen molar-refractivity contribution in [1.82, 2.24) is 4.90 Å². The van der Waals surface area contributed by atoms with Crippen molar-refractivity contribution in [3.63, 3.8) is 0 Å². The Bertz CT molecular complexity index is 187. The highest BCUT2D eigenvalue weighted by Gasteiger charge is 2.12. The molecule has 0 aromatic carbocycles. The lowest BCUT2D eigenvalue weighted by molar-refractivity contribution is 0.219. The monoisotopic (exact) mass is 242 g/mol. The molecule has 0 radical (unpaired) electrons. The zero-order valence-corrected chi connectivity index (χ0v) is 10.9. The van der Waals surface area contributed by atoms with E-state index in [-0.39, 0.29) is 6.04 Å². The maximum Gasteiger partial charge on any atom is 0.451 e. The van der Waals surface area contributed by atoms with E-state index in [1.54, 1.807) is 0 Å². The second-order valence-corrected chi connectivity index (χ2v) is 5.22. The summed E-state index contributed by atoms with van der Waals surface area (Å²) in [5, 5.41) is 17.4. The Balaban J connectivity index is 1.94. The van der Waals surface area contributed by atoms with Gasteiger partial charge in [-0.1, -0.05) is 19.3 Å². The van der Waals surface area contributed by atoms with Crippen LogP contribution in [0.3, 0.4) is 0 Å². The van der Waals surface area contributed by atoms with Gasteiger partial charge in [-0.3, -0.25) is 0 Å². The molecule has 100 valence electrons. The summed E-state index contributed by atoms with van der Waals surface area (Å²) >= 11 is 0. The molecule has 5 heteroatoms. The second kappa shape index (κ2) is 8.92. The van der Waals surface area contributed by atoms with E-state index in [1.165, 1.54) is 32.4 Å². The predicted octanol–water partition coefficient (Wildman–Crippen LogP) is 0.833. The van der Waals surface area contributed by atoms with Crippen LogP contribution in [0.15, 0.2) is 0 Å². The van der Waals surface area contributed by atoms with Gasteiger partial charge in [0, 0.05) is 6.04 Å². The molecule has 0 aliphatic carbocycles. The summed E-state index contributed by atoms with van der Waals surface area (Å²) in [6.45, 7) is 3.61. The van der Waals surface area contributed by atoms with E-state index >= 15 is 0 Å². The van der Waals surface area contributed by atoms with Gasteiger partial charge in [-0.25, -0.2) is 0 Å². The molecule has 1 fully saturated rings. The Morgan fingerprint density at radius 2 is 1.76 bits per heavy atom. The maximum absolute atomic E-state index is 8.71. The van der Waals surface area contributed by atoms with Crippen LogP contribution in [0.25, 0.3) is 0 Å². The van der Waals surface area contributed by atoms with Crippen LogP contribution < -0.4 is 5.73 Å². The van der Waals surface area contributed by atoms with Crippen molar-refractivity contribution in [2.45, 2.75) is 57.3 Å². The van der Waals surface area contributed by atoms with E-state index in [0.29, 0.717) is 6.32 Å². The van der Waals surface area contributed by atoms with Crippen molar-refractivity contribution in [3.05, 3.63) is 0 Å². The molecule has 0 aromatic rings. The highest BCUT2D eigenvalue weighted by atomic mass is 16.4. The number of piperidine rings is 1. The van der Waals surface area contributed by atoms with Crippen LogP contribution in [0.1, 0.15) is 44.9 Å². The minimum atomic E-state index is -1.15. The molecule has 1 aliphatic heterocycles. The van der Waals surface area contributed by atoms with Gasteiger partial charge in [0.05, 0.1) is 0 Å². The fraction of sp³-hybridized carbons (Fsp3) is 1.00. The molecular weight excluding hydrogens is 215 g/mol. The minimum absolute atomic E-state index is 0.271. The number of hydrogen-bond acceptors (Lipinski definition) is 4. The fourth-order valence-electron chi connectivity index (χ4n) is 2.41. The zero-order valence-electron chi connectivity index (χ0n) is 10.9. The summed E-state index contributed by atoms with van der Waals surface area (Å²) in [4.78, 5) is 2.51. The van der Waals surface area contributed by atoms with Crippen molar-refractivity contribution in [2.75, 3.05) is 19.6 Å². The van der Waals surface area contributed by atoms with Gasteiger partial charge in [-0.15, -0.1) is 0 Å². The molecule has 1 saturated heterocycles. The van der Waals surface area contributed by atoms with Gasteiger partial charge >= 0.3 is 7.12 Å². The third-order valence-corrected chi connectivity index (χ3v) is 3.55. The van der Waals surface area contributed by atoms with E-state index in [1.807, 2.05) is 0 Å². The zero-order chi connectivity index (χ0) is 12.5. The number of unbranched alkanes of at least 4 members (excludes halogenated alkanes) is 1. The highest BCUT2D eigenvalue weighted by molar-refractivity contribution is 6.40. The summed E-state index contributed by atoms with van der Waals surface area (Å²) in [6.07, 6.45) is 8.45. The molecular formula is C12H27BN2O2. The quantitative estimate of drug-likeness (QED) is 0.435. The summed E-state index contributed by atoms with van der Waals surface area (Å²) in [7, 11) is -1.15. The van der Waals surface area contributed by atoms with Gasteiger partial charge < -0.3 is 20.7 Å². The van der Waals surface area contributed by atoms with Crippen LogP contribution in [-0.4, -0.2) is 47.7 Å². The third kappa shape index (κ3) is 7.76. The topological polar surface area (TPSA) is 69.7 Å². The highest BCUT2D eigenvalue weighted by Crippen LogP contribution is 2.11. The molecule has 1 aliphatic rings. The van der Waals surface area contributed by atoms with E-state index < -0.39 is 7.12 Å². The van der Waals surface area contributed by atoms with Gasteiger partial charge in [-0.05, 0) is 51.6 Å². The van der Waals surface area contributed by atoms with Crippen molar-refractivity contribution in [2.24, 2.45) is 5.73 Å². The van der Waals surface area contributed by atoms with Crippen molar-refractivity contribution in [3.8, 4) is 0 Å². The Hall–Kier alpha value is -0.0951. The molecule has 0 unspecified atom stereocenters. The van der Waals surface area contributed by atoms with Crippen LogP contribution in [0.4, 0.5) is 0 Å². The fourth-order valence-corrected chi connectivity index (χ4v) is 2.41.